The van der Waals surface area contributed by atoms with Crippen molar-refractivity contribution >= 4 is 44.5 Å². The zero-order valence-corrected chi connectivity index (χ0v) is 33.2. The average molecular weight is 766 g/mol. The Kier molecular flexibility index (Phi) is 8.42. The van der Waals surface area contributed by atoms with E-state index < -0.39 is 5.41 Å². The van der Waals surface area contributed by atoms with Crippen molar-refractivity contribution in [1.29, 1.82) is 0 Å². The molecule has 0 radical (unpaired) electrons. The first kappa shape index (κ1) is 35.4. The smallest absolute Gasteiger partial charge is 0.0968 e. The van der Waals surface area contributed by atoms with Crippen LogP contribution in [0.15, 0.2) is 212 Å². The Bertz CT molecular complexity index is 3270. The largest absolute Gasteiger partial charge is 0.254 e. The number of para-hydroxylation sites is 1. The van der Waals surface area contributed by atoms with Crippen molar-refractivity contribution in [1.82, 2.24) is 9.97 Å². The van der Waals surface area contributed by atoms with Crippen LogP contribution in [-0.2, 0) is 5.41 Å². The quantitative estimate of drug-likeness (QED) is 0.120. The van der Waals surface area contributed by atoms with Gasteiger partial charge in [0.2, 0.25) is 0 Å². The zero-order valence-electron chi connectivity index (χ0n) is 33.2. The first-order valence-corrected chi connectivity index (χ1v) is 20.5. The van der Waals surface area contributed by atoms with Crippen LogP contribution in [0.1, 0.15) is 27.8 Å². The fourth-order valence-electron chi connectivity index (χ4n) is 9.49. The molecule has 0 aliphatic heterocycles. The highest BCUT2D eigenvalue weighted by atomic mass is 14.8. The Balaban J connectivity index is 1.02. The summed E-state index contributed by atoms with van der Waals surface area (Å²) in [5.74, 6) is 0. The van der Waals surface area contributed by atoms with E-state index in [2.05, 4.69) is 213 Å². The van der Waals surface area contributed by atoms with Gasteiger partial charge in [-0.15, -0.1) is 0 Å². The number of rotatable bonds is 7. The second kappa shape index (κ2) is 14.3. The Hall–Kier alpha value is -7.75. The molecule has 0 atom stereocenters. The minimum absolute atomic E-state index is 0.476. The van der Waals surface area contributed by atoms with E-state index in [9.17, 15) is 0 Å². The molecule has 0 amide bonds. The van der Waals surface area contributed by atoms with Gasteiger partial charge in [0.1, 0.15) is 0 Å². The predicted molar refractivity (Wildman–Crippen MR) is 251 cm³/mol. The van der Waals surface area contributed by atoms with Crippen LogP contribution in [0.3, 0.4) is 0 Å². The first-order chi connectivity index (χ1) is 29.6. The van der Waals surface area contributed by atoms with E-state index in [-0.39, 0.29) is 0 Å². The van der Waals surface area contributed by atoms with Crippen LogP contribution >= 0.6 is 0 Å². The van der Waals surface area contributed by atoms with Crippen LogP contribution in [0.25, 0.3) is 77.3 Å². The molecule has 11 rings (SSSR count). The van der Waals surface area contributed by atoms with Crippen molar-refractivity contribution in [3.8, 4) is 44.8 Å². The first-order valence-electron chi connectivity index (χ1n) is 20.5. The molecule has 0 bridgehead atoms. The molecule has 60 heavy (non-hydrogen) atoms. The lowest BCUT2D eigenvalue weighted by atomic mass is 9.67. The standard InChI is InChI=1S/C57H39N3/c1-3-34-58-54-37(2)22-23-42-32-33-52(59-56(42)54)40-28-24-38(25-29-40)39-26-30-41(31-27-39)55-49-35-48-45-18-10-12-20-50(45)57(43-14-6-4-7-15-43,44-16-8-5-9-17-44)51(48)36-47(49)46-19-11-13-21-53(46)60-55/h3-36H,1H2,2H3. The molecule has 2 aromatic heterocycles. The summed E-state index contributed by atoms with van der Waals surface area (Å²) in [4.78, 5) is 15.1. The maximum Gasteiger partial charge on any atom is 0.0968 e. The van der Waals surface area contributed by atoms with Gasteiger partial charge in [-0.05, 0) is 86.6 Å². The normalized spacial score (nSPS) is 12.9. The molecule has 282 valence electrons. The SMILES string of the molecule is C=CC=Nc1c(C)ccc2ccc(-c3ccc(-c4ccc(-c5nc6ccccc6c6cc7c(cc56)-c5ccccc5C7(c5ccccc5)c5ccccc5)cc4)cc3)nc12. The number of allylic oxidation sites excluding steroid dienone is 1. The molecule has 0 N–H and O–H groups in total. The van der Waals surface area contributed by atoms with Crippen molar-refractivity contribution in [2.75, 3.05) is 0 Å². The van der Waals surface area contributed by atoms with Crippen molar-refractivity contribution < 1.29 is 0 Å². The lowest BCUT2D eigenvalue weighted by Gasteiger charge is -2.34. The Morgan fingerprint density at radius 2 is 1.12 bits per heavy atom. The van der Waals surface area contributed by atoms with E-state index in [0.717, 1.165) is 72.1 Å². The highest BCUT2D eigenvalue weighted by Gasteiger charge is 2.46. The second-order valence-corrected chi connectivity index (χ2v) is 15.6. The highest BCUT2D eigenvalue weighted by Crippen LogP contribution is 2.57. The maximum atomic E-state index is 5.38. The zero-order chi connectivity index (χ0) is 40.2. The molecular weight excluding hydrogens is 727 g/mol. The van der Waals surface area contributed by atoms with E-state index in [1.165, 1.54) is 38.8 Å². The fourth-order valence-corrected chi connectivity index (χ4v) is 9.49. The van der Waals surface area contributed by atoms with Crippen LogP contribution in [0.4, 0.5) is 5.69 Å². The minimum atomic E-state index is -0.476. The molecule has 1 aliphatic rings. The molecule has 3 nitrogen and oxygen atoms in total. The predicted octanol–water partition coefficient (Wildman–Crippen LogP) is 14.5. The number of aryl methyl sites for hydroxylation is 1. The van der Waals surface area contributed by atoms with E-state index in [1.807, 2.05) is 0 Å². The number of aromatic nitrogens is 2. The number of nitrogens with zero attached hydrogens (tertiary/aromatic N) is 3. The number of benzene rings is 8. The molecule has 0 spiro atoms. The van der Waals surface area contributed by atoms with Gasteiger partial charge in [0.05, 0.1) is 33.5 Å². The summed E-state index contributed by atoms with van der Waals surface area (Å²) >= 11 is 0. The van der Waals surface area contributed by atoms with E-state index >= 15 is 0 Å². The van der Waals surface area contributed by atoms with Crippen molar-refractivity contribution in [3.05, 3.63) is 235 Å². The molecular formula is C57H39N3. The Morgan fingerprint density at radius 1 is 0.500 bits per heavy atom. The van der Waals surface area contributed by atoms with E-state index in [0.29, 0.717) is 0 Å². The van der Waals surface area contributed by atoms with Gasteiger partial charge in [0, 0.05) is 33.5 Å². The van der Waals surface area contributed by atoms with Crippen molar-refractivity contribution in [2.45, 2.75) is 12.3 Å². The summed E-state index contributed by atoms with van der Waals surface area (Å²) < 4.78 is 0. The lowest BCUT2D eigenvalue weighted by molar-refractivity contribution is 0.769. The number of fused-ring (bicyclic) bond motifs is 7. The van der Waals surface area contributed by atoms with Gasteiger partial charge in [-0.2, -0.15) is 0 Å². The summed E-state index contributed by atoms with van der Waals surface area (Å²) in [5.41, 5.74) is 17.3. The second-order valence-electron chi connectivity index (χ2n) is 15.6. The number of hydrogen-bond donors (Lipinski definition) is 0. The third-order valence-electron chi connectivity index (χ3n) is 12.3. The number of aliphatic imine (C=N–C) groups is 1. The maximum absolute atomic E-state index is 5.38. The molecule has 1 aliphatic carbocycles. The molecule has 0 saturated carbocycles. The molecule has 0 saturated heterocycles. The van der Waals surface area contributed by atoms with Crippen molar-refractivity contribution in [2.24, 2.45) is 4.99 Å². The number of hydrogen-bond acceptors (Lipinski definition) is 3. The van der Waals surface area contributed by atoms with Gasteiger partial charge in [0.15, 0.2) is 0 Å². The van der Waals surface area contributed by atoms with Gasteiger partial charge in [-0.1, -0.05) is 183 Å². The highest BCUT2D eigenvalue weighted by molar-refractivity contribution is 6.13. The molecule has 8 aromatic carbocycles. The topological polar surface area (TPSA) is 38.1 Å². The summed E-state index contributed by atoms with van der Waals surface area (Å²) in [5, 5.41) is 4.56. The summed E-state index contributed by atoms with van der Waals surface area (Å²) in [6.07, 6.45) is 3.42. The van der Waals surface area contributed by atoms with Gasteiger partial charge < -0.3 is 0 Å². The van der Waals surface area contributed by atoms with Gasteiger partial charge in [-0.3, -0.25) is 4.99 Å². The lowest BCUT2D eigenvalue weighted by Crippen LogP contribution is -2.28. The molecule has 0 fully saturated rings. The van der Waals surface area contributed by atoms with E-state index in [4.69, 9.17) is 9.97 Å². The fraction of sp³-hybridized carbons (Fsp3) is 0.0351. The van der Waals surface area contributed by atoms with Gasteiger partial charge >= 0.3 is 0 Å². The van der Waals surface area contributed by atoms with Crippen LogP contribution in [-0.4, -0.2) is 16.2 Å². The van der Waals surface area contributed by atoms with Crippen LogP contribution in [0.2, 0.25) is 0 Å². The minimum Gasteiger partial charge on any atom is -0.254 e. The van der Waals surface area contributed by atoms with Crippen LogP contribution < -0.4 is 0 Å². The molecule has 0 unspecified atom stereocenters. The third kappa shape index (κ3) is 5.55. The monoisotopic (exact) mass is 765 g/mol. The average Bonchev–Trinajstić information content (AvgIpc) is 3.61. The van der Waals surface area contributed by atoms with Gasteiger partial charge in [-0.25, -0.2) is 9.97 Å². The van der Waals surface area contributed by atoms with E-state index in [1.54, 1.807) is 12.3 Å². The summed E-state index contributed by atoms with van der Waals surface area (Å²) in [7, 11) is 0. The Morgan fingerprint density at radius 3 is 1.83 bits per heavy atom. The Labute approximate surface area is 349 Å². The van der Waals surface area contributed by atoms with Crippen molar-refractivity contribution in [3.63, 3.8) is 0 Å². The van der Waals surface area contributed by atoms with Crippen LogP contribution in [0, 0.1) is 6.92 Å². The summed E-state index contributed by atoms with van der Waals surface area (Å²) in [6, 6.07) is 70.3. The summed E-state index contributed by atoms with van der Waals surface area (Å²) in [6.45, 7) is 5.86. The molecule has 10 aromatic rings. The molecule has 3 heteroatoms. The van der Waals surface area contributed by atoms with Crippen LogP contribution in [0.5, 0.6) is 0 Å². The number of pyridine rings is 2. The third-order valence-corrected chi connectivity index (χ3v) is 12.3. The van der Waals surface area contributed by atoms with Gasteiger partial charge in [0.25, 0.3) is 0 Å². The molecule has 2 heterocycles.